The number of hydrogen-bond acceptors (Lipinski definition) is 6. The standard InChI is InChI=1S/C24H35N5O3.HI/c1-3-25-24(27-17-20(2)29-11-13-30-14-12-29)28-19-21-9-10-23(26-18-21)32-16-15-31-22-7-5-4-6-8-22;/h4-10,18,20H,3,11-17,19H2,1-2H3,(H2,25,27,28);1H. The van der Waals surface area contributed by atoms with Crippen molar-refractivity contribution in [3.8, 4) is 11.6 Å². The summed E-state index contributed by atoms with van der Waals surface area (Å²) in [5.74, 6) is 2.23. The molecule has 1 aliphatic heterocycles. The summed E-state index contributed by atoms with van der Waals surface area (Å²) in [5, 5.41) is 6.75. The maximum absolute atomic E-state index is 5.66. The van der Waals surface area contributed by atoms with Crippen LogP contribution in [0.5, 0.6) is 11.6 Å². The van der Waals surface area contributed by atoms with E-state index in [1.54, 1.807) is 6.20 Å². The van der Waals surface area contributed by atoms with Crippen molar-refractivity contribution in [1.29, 1.82) is 0 Å². The molecule has 0 saturated carbocycles. The molecule has 33 heavy (non-hydrogen) atoms. The molecule has 0 radical (unpaired) electrons. The van der Waals surface area contributed by atoms with Crippen molar-refractivity contribution in [2.24, 2.45) is 4.99 Å². The Morgan fingerprint density at radius 3 is 2.55 bits per heavy atom. The van der Waals surface area contributed by atoms with Gasteiger partial charge >= 0.3 is 0 Å². The monoisotopic (exact) mass is 569 g/mol. The first-order chi connectivity index (χ1) is 15.7. The van der Waals surface area contributed by atoms with Crippen LogP contribution in [0.2, 0.25) is 0 Å². The molecule has 1 unspecified atom stereocenters. The summed E-state index contributed by atoms with van der Waals surface area (Å²) in [4.78, 5) is 11.5. The predicted molar refractivity (Wildman–Crippen MR) is 142 cm³/mol. The van der Waals surface area contributed by atoms with E-state index in [4.69, 9.17) is 14.2 Å². The Hall–Kier alpha value is -2.11. The summed E-state index contributed by atoms with van der Waals surface area (Å²) in [6.07, 6.45) is 1.80. The molecule has 2 aromatic rings. The largest absolute Gasteiger partial charge is 0.490 e. The molecule has 0 spiro atoms. The Morgan fingerprint density at radius 2 is 1.85 bits per heavy atom. The van der Waals surface area contributed by atoms with Gasteiger partial charge in [0.1, 0.15) is 19.0 Å². The third-order valence-corrected chi connectivity index (χ3v) is 5.14. The van der Waals surface area contributed by atoms with Crippen LogP contribution in [0.15, 0.2) is 53.7 Å². The fourth-order valence-electron chi connectivity index (χ4n) is 3.32. The average molecular weight is 569 g/mol. The number of nitrogens with zero attached hydrogens (tertiary/aromatic N) is 3. The van der Waals surface area contributed by atoms with E-state index in [2.05, 4.69) is 39.4 Å². The first-order valence-corrected chi connectivity index (χ1v) is 11.3. The summed E-state index contributed by atoms with van der Waals surface area (Å²) in [6.45, 7) is 11.0. The van der Waals surface area contributed by atoms with E-state index in [-0.39, 0.29) is 24.0 Å². The van der Waals surface area contributed by atoms with E-state index in [1.807, 2.05) is 42.5 Å². The molecule has 1 atom stereocenters. The van der Waals surface area contributed by atoms with E-state index in [1.165, 1.54) is 0 Å². The van der Waals surface area contributed by atoms with E-state index in [0.29, 0.717) is 31.7 Å². The van der Waals surface area contributed by atoms with Gasteiger partial charge in [-0.2, -0.15) is 0 Å². The fraction of sp³-hybridized carbons (Fsp3) is 0.500. The van der Waals surface area contributed by atoms with Gasteiger partial charge in [-0.15, -0.1) is 24.0 Å². The summed E-state index contributed by atoms with van der Waals surface area (Å²) < 4.78 is 16.7. The lowest BCUT2D eigenvalue weighted by molar-refractivity contribution is 0.0211. The van der Waals surface area contributed by atoms with Crippen molar-refractivity contribution in [2.45, 2.75) is 26.4 Å². The second kappa shape index (κ2) is 15.7. The number of nitrogens with one attached hydrogen (secondary N) is 2. The van der Waals surface area contributed by atoms with E-state index >= 15 is 0 Å². The molecule has 1 aliphatic rings. The number of halogens is 1. The van der Waals surface area contributed by atoms with E-state index in [0.717, 1.165) is 56.7 Å². The van der Waals surface area contributed by atoms with Crippen LogP contribution in [0, 0.1) is 0 Å². The van der Waals surface area contributed by atoms with Gasteiger partial charge in [0.2, 0.25) is 5.88 Å². The maximum atomic E-state index is 5.66. The van der Waals surface area contributed by atoms with Gasteiger partial charge in [-0.25, -0.2) is 9.98 Å². The third kappa shape index (κ3) is 10.1. The average Bonchev–Trinajstić information content (AvgIpc) is 2.85. The van der Waals surface area contributed by atoms with Crippen molar-refractivity contribution in [3.05, 3.63) is 54.2 Å². The van der Waals surface area contributed by atoms with Gasteiger partial charge in [0.15, 0.2) is 5.96 Å². The minimum atomic E-state index is 0. The lowest BCUT2D eigenvalue weighted by Gasteiger charge is -2.32. The number of ether oxygens (including phenoxy) is 3. The highest BCUT2D eigenvalue weighted by atomic mass is 127. The summed E-state index contributed by atoms with van der Waals surface area (Å²) in [7, 11) is 0. The van der Waals surface area contributed by atoms with E-state index in [9.17, 15) is 0 Å². The quantitative estimate of drug-likeness (QED) is 0.187. The van der Waals surface area contributed by atoms with Crippen LogP contribution >= 0.6 is 24.0 Å². The molecule has 8 nitrogen and oxygen atoms in total. The number of rotatable bonds is 11. The molecule has 3 rings (SSSR count). The lowest BCUT2D eigenvalue weighted by atomic mass is 10.2. The Balaban J connectivity index is 0.00000385. The van der Waals surface area contributed by atoms with Gasteiger partial charge < -0.3 is 24.8 Å². The zero-order valence-corrected chi connectivity index (χ0v) is 21.9. The molecule has 182 valence electrons. The number of pyridine rings is 1. The number of hydrogen-bond donors (Lipinski definition) is 2. The molecule has 1 fully saturated rings. The Bertz CT molecular complexity index is 802. The molecular formula is C24H36IN5O3. The zero-order valence-electron chi connectivity index (χ0n) is 19.5. The topological polar surface area (TPSA) is 80.2 Å². The van der Waals surface area contributed by atoms with Crippen molar-refractivity contribution in [2.75, 3.05) is 52.6 Å². The SMILES string of the molecule is CCNC(=NCc1ccc(OCCOc2ccccc2)nc1)NCC(C)N1CCOCC1.I. The smallest absolute Gasteiger partial charge is 0.213 e. The molecule has 1 aromatic heterocycles. The van der Waals surface area contributed by atoms with Gasteiger partial charge in [0.05, 0.1) is 19.8 Å². The number of aliphatic imine (C=N–C) groups is 1. The number of guanidine groups is 1. The van der Waals surface area contributed by atoms with Gasteiger partial charge in [-0.05, 0) is 31.5 Å². The molecular weight excluding hydrogens is 533 g/mol. The zero-order chi connectivity index (χ0) is 22.4. The normalized spacial score (nSPS) is 15.3. The van der Waals surface area contributed by atoms with Crippen LogP contribution in [-0.2, 0) is 11.3 Å². The second-order valence-electron chi connectivity index (χ2n) is 7.59. The summed E-state index contributed by atoms with van der Waals surface area (Å²) >= 11 is 0. The van der Waals surface area contributed by atoms with Crippen LogP contribution in [0.3, 0.4) is 0 Å². The maximum Gasteiger partial charge on any atom is 0.213 e. The van der Waals surface area contributed by atoms with Crippen LogP contribution in [0.1, 0.15) is 19.4 Å². The minimum Gasteiger partial charge on any atom is -0.490 e. The van der Waals surface area contributed by atoms with Gasteiger partial charge in [-0.3, -0.25) is 4.90 Å². The number of benzene rings is 1. The van der Waals surface area contributed by atoms with Crippen molar-refractivity contribution in [3.63, 3.8) is 0 Å². The van der Waals surface area contributed by atoms with Crippen molar-refractivity contribution < 1.29 is 14.2 Å². The van der Waals surface area contributed by atoms with Gasteiger partial charge in [0.25, 0.3) is 0 Å². The van der Waals surface area contributed by atoms with Crippen LogP contribution in [-0.4, -0.2) is 74.5 Å². The highest BCUT2D eigenvalue weighted by Crippen LogP contribution is 2.10. The molecule has 0 aliphatic carbocycles. The van der Waals surface area contributed by atoms with Crippen molar-refractivity contribution >= 4 is 29.9 Å². The minimum absolute atomic E-state index is 0. The predicted octanol–water partition coefficient (Wildman–Crippen LogP) is 2.93. The van der Waals surface area contributed by atoms with Gasteiger partial charge in [-0.1, -0.05) is 24.3 Å². The number of morpholine rings is 1. The first kappa shape index (κ1) is 27.1. The molecule has 2 heterocycles. The Morgan fingerprint density at radius 1 is 1.09 bits per heavy atom. The lowest BCUT2D eigenvalue weighted by Crippen LogP contribution is -2.49. The molecule has 1 aromatic carbocycles. The Kier molecular flexibility index (Phi) is 12.9. The first-order valence-electron chi connectivity index (χ1n) is 11.3. The van der Waals surface area contributed by atoms with Crippen LogP contribution < -0.4 is 20.1 Å². The van der Waals surface area contributed by atoms with Gasteiger partial charge in [0, 0.05) is 44.5 Å². The molecule has 0 bridgehead atoms. The second-order valence-corrected chi connectivity index (χ2v) is 7.59. The number of aromatic nitrogens is 1. The highest BCUT2D eigenvalue weighted by Gasteiger charge is 2.16. The highest BCUT2D eigenvalue weighted by molar-refractivity contribution is 14.0. The molecule has 2 N–H and O–H groups in total. The fourth-order valence-corrected chi connectivity index (χ4v) is 3.32. The summed E-state index contributed by atoms with van der Waals surface area (Å²) in [5.41, 5.74) is 1.02. The molecule has 0 amide bonds. The molecule has 1 saturated heterocycles. The van der Waals surface area contributed by atoms with Crippen LogP contribution in [0.25, 0.3) is 0 Å². The van der Waals surface area contributed by atoms with Crippen LogP contribution in [0.4, 0.5) is 0 Å². The summed E-state index contributed by atoms with van der Waals surface area (Å²) in [6, 6.07) is 14.0. The van der Waals surface area contributed by atoms with Crippen molar-refractivity contribution in [1.82, 2.24) is 20.5 Å². The third-order valence-electron chi connectivity index (χ3n) is 5.14. The molecule has 9 heteroatoms. The number of para-hydroxylation sites is 1. The van der Waals surface area contributed by atoms with E-state index < -0.39 is 0 Å². The Labute approximate surface area is 214 Å².